The molecule has 0 aliphatic carbocycles. The molecule has 0 saturated heterocycles. The molecule has 2 aromatic heterocycles. The molecule has 5 aromatic rings. The molecule has 30 heavy (non-hydrogen) atoms. The number of aromatic nitrogens is 3. The van der Waals surface area contributed by atoms with Gasteiger partial charge in [-0.05, 0) is 23.8 Å². The maximum absolute atomic E-state index is 6.43. The molecule has 0 unspecified atom stereocenters. The van der Waals surface area contributed by atoms with Crippen LogP contribution in [0.2, 0.25) is 10.0 Å². The van der Waals surface area contributed by atoms with Crippen molar-refractivity contribution in [3.05, 3.63) is 107 Å². The number of rotatable bonds is 4. The maximum atomic E-state index is 6.43. The second kappa shape index (κ2) is 7.82. The fourth-order valence-corrected chi connectivity index (χ4v) is 3.85. The van der Waals surface area contributed by atoms with E-state index in [-0.39, 0.29) is 0 Å². The third-order valence-electron chi connectivity index (χ3n) is 4.80. The van der Waals surface area contributed by atoms with Gasteiger partial charge in [0.15, 0.2) is 0 Å². The Morgan fingerprint density at radius 1 is 0.833 bits per heavy atom. The Labute approximate surface area is 183 Å². The Balaban J connectivity index is 1.68. The van der Waals surface area contributed by atoms with Gasteiger partial charge < -0.3 is 0 Å². The van der Waals surface area contributed by atoms with Crippen molar-refractivity contribution in [3.63, 3.8) is 0 Å². The summed E-state index contributed by atoms with van der Waals surface area (Å²) < 4.78 is 3.81. The number of hydrogen-bond donors (Lipinski definition) is 0. The first-order chi connectivity index (χ1) is 14.7. The average molecular weight is 431 g/mol. The van der Waals surface area contributed by atoms with Crippen LogP contribution < -0.4 is 0 Å². The van der Waals surface area contributed by atoms with E-state index in [9.17, 15) is 0 Å². The average Bonchev–Trinajstić information content (AvgIpc) is 3.33. The van der Waals surface area contributed by atoms with E-state index in [0.29, 0.717) is 15.8 Å². The summed E-state index contributed by atoms with van der Waals surface area (Å²) in [6, 6.07) is 25.5. The monoisotopic (exact) mass is 430 g/mol. The van der Waals surface area contributed by atoms with Gasteiger partial charge in [-0.1, -0.05) is 83.9 Å². The van der Waals surface area contributed by atoms with Gasteiger partial charge in [-0.25, -0.2) is 9.66 Å². The highest BCUT2D eigenvalue weighted by Crippen LogP contribution is 2.32. The molecule has 6 heteroatoms. The number of halogens is 2. The Morgan fingerprint density at radius 2 is 1.57 bits per heavy atom. The van der Waals surface area contributed by atoms with Crippen LogP contribution in [0.3, 0.4) is 0 Å². The van der Waals surface area contributed by atoms with Crippen LogP contribution in [0.15, 0.2) is 96.4 Å². The fourth-order valence-electron chi connectivity index (χ4n) is 3.35. The van der Waals surface area contributed by atoms with E-state index in [1.807, 2.05) is 83.7 Å². The molecule has 0 radical (unpaired) electrons. The van der Waals surface area contributed by atoms with Crippen molar-refractivity contribution in [2.45, 2.75) is 0 Å². The van der Waals surface area contributed by atoms with E-state index in [0.717, 1.165) is 28.1 Å². The summed E-state index contributed by atoms with van der Waals surface area (Å²) >= 11 is 12.5. The standard InChI is InChI=1S/C24H16Cl2N4/c25-19-11-12-20(21(26)13-19)22-15-29-23(18-9-5-2-6-10-18)16-30(24(29)28-22)27-14-17-7-3-1-4-8-17/h1-16H. The molecule has 0 aliphatic heterocycles. The molecule has 146 valence electrons. The van der Waals surface area contributed by atoms with Crippen LogP contribution in [0, 0.1) is 0 Å². The third kappa shape index (κ3) is 3.52. The van der Waals surface area contributed by atoms with E-state index in [1.165, 1.54) is 0 Å². The Bertz CT molecular complexity index is 1350. The molecule has 0 atom stereocenters. The van der Waals surface area contributed by atoms with Crippen molar-refractivity contribution in [2.75, 3.05) is 0 Å². The minimum absolute atomic E-state index is 0.559. The van der Waals surface area contributed by atoms with Crippen molar-refractivity contribution < 1.29 is 0 Å². The van der Waals surface area contributed by atoms with Crippen molar-refractivity contribution in [1.29, 1.82) is 0 Å². The lowest BCUT2D eigenvalue weighted by atomic mass is 10.1. The van der Waals surface area contributed by atoms with E-state index in [2.05, 4.69) is 17.2 Å². The Hall–Kier alpha value is -3.34. The molecule has 0 saturated carbocycles. The Kier molecular flexibility index (Phi) is 4.87. The molecule has 3 aromatic carbocycles. The van der Waals surface area contributed by atoms with Gasteiger partial charge in [0.2, 0.25) is 5.78 Å². The fraction of sp³-hybridized carbons (Fsp3) is 0. The summed E-state index contributed by atoms with van der Waals surface area (Å²) in [5.41, 5.74) is 4.65. The zero-order chi connectivity index (χ0) is 20.5. The quantitative estimate of drug-likeness (QED) is 0.293. The number of benzene rings is 3. The first-order valence-corrected chi connectivity index (χ1v) is 10.2. The summed E-state index contributed by atoms with van der Waals surface area (Å²) in [6.07, 6.45) is 5.77. The van der Waals surface area contributed by atoms with Crippen molar-refractivity contribution in [2.24, 2.45) is 5.10 Å². The van der Waals surface area contributed by atoms with Crippen LogP contribution in [0.5, 0.6) is 0 Å². The Morgan fingerprint density at radius 3 is 2.30 bits per heavy atom. The zero-order valence-corrected chi connectivity index (χ0v) is 17.3. The van der Waals surface area contributed by atoms with Gasteiger partial charge in [-0.3, -0.25) is 4.40 Å². The van der Waals surface area contributed by atoms with Crippen molar-refractivity contribution >= 4 is 35.2 Å². The summed E-state index contributed by atoms with van der Waals surface area (Å²) in [5, 5.41) is 5.80. The van der Waals surface area contributed by atoms with Gasteiger partial charge in [0.05, 0.1) is 28.8 Å². The zero-order valence-electron chi connectivity index (χ0n) is 15.8. The highest BCUT2D eigenvalue weighted by Gasteiger charge is 2.16. The molecular weight excluding hydrogens is 415 g/mol. The number of fused-ring (bicyclic) bond motifs is 1. The minimum Gasteiger partial charge on any atom is -0.282 e. The SMILES string of the molecule is Clc1ccc(-c2cn3c(-c4ccccc4)cn(N=Cc4ccccc4)c3n2)c(Cl)c1. The molecule has 2 heterocycles. The van der Waals surface area contributed by atoms with Crippen LogP contribution in [-0.2, 0) is 0 Å². The predicted octanol–water partition coefficient (Wildman–Crippen LogP) is 6.66. The first-order valence-electron chi connectivity index (χ1n) is 9.40. The van der Waals surface area contributed by atoms with Crippen LogP contribution in [0.25, 0.3) is 28.3 Å². The van der Waals surface area contributed by atoms with Gasteiger partial charge in [0, 0.05) is 22.3 Å². The minimum atomic E-state index is 0.559. The molecule has 0 bridgehead atoms. The lowest BCUT2D eigenvalue weighted by molar-refractivity contribution is 0.906. The largest absolute Gasteiger partial charge is 0.282 e. The number of nitrogens with zero attached hydrogens (tertiary/aromatic N) is 4. The highest BCUT2D eigenvalue weighted by atomic mass is 35.5. The molecule has 4 nitrogen and oxygen atoms in total. The molecule has 0 amide bonds. The van der Waals surface area contributed by atoms with Gasteiger partial charge in [0.1, 0.15) is 0 Å². The van der Waals surface area contributed by atoms with Gasteiger partial charge in [-0.2, -0.15) is 5.10 Å². The second-order valence-electron chi connectivity index (χ2n) is 6.80. The van der Waals surface area contributed by atoms with Gasteiger partial charge in [0.25, 0.3) is 0 Å². The molecule has 0 spiro atoms. The topological polar surface area (TPSA) is 34.6 Å². The van der Waals surface area contributed by atoms with E-state index < -0.39 is 0 Å². The van der Waals surface area contributed by atoms with Crippen LogP contribution >= 0.6 is 23.2 Å². The lowest BCUT2D eigenvalue weighted by Crippen LogP contribution is -1.90. The third-order valence-corrected chi connectivity index (χ3v) is 5.35. The predicted molar refractivity (Wildman–Crippen MR) is 124 cm³/mol. The van der Waals surface area contributed by atoms with Crippen molar-refractivity contribution in [3.8, 4) is 22.5 Å². The number of imidazole rings is 2. The summed E-state index contributed by atoms with van der Waals surface area (Å²) in [6.45, 7) is 0. The molecule has 0 fully saturated rings. The van der Waals surface area contributed by atoms with E-state index in [1.54, 1.807) is 10.7 Å². The first kappa shape index (κ1) is 18.7. The van der Waals surface area contributed by atoms with Crippen LogP contribution in [-0.4, -0.2) is 20.3 Å². The summed E-state index contributed by atoms with van der Waals surface area (Å²) in [5.74, 6) is 0.696. The summed E-state index contributed by atoms with van der Waals surface area (Å²) in [4.78, 5) is 4.82. The molecule has 0 N–H and O–H groups in total. The van der Waals surface area contributed by atoms with Gasteiger partial charge >= 0.3 is 0 Å². The second-order valence-corrected chi connectivity index (χ2v) is 7.64. The van der Waals surface area contributed by atoms with E-state index >= 15 is 0 Å². The van der Waals surface area contributed by atoms with Gasteiger partial charge in [-0.15, -0.1) is 0 Å². The normalized spacial score (nSPS) is 11.5. The highest BCUT2D eigenvalue weighted by molar-refractivity contribution is 6.36. The molecular formula is C24H16Cl2N4. The smallest absolute Gasteiger partial charge is 0.236 e. The summed E-state index contributed by atoms with van der Waals surface area (Å²) in [7, 11) is 0. The van der Waals surface area contributed by atoms with Crippen molar-refractivity contribution in [1.82, 2.24) is 14.1 Å². The van der Waals surface area contributed by atoms with E-state index in [4.69, 9.17) is 28.2 Å². The van der Waals surface area contributed by atoms with Crippen LogP contribution in [0.4, 0.5) is 0 Å². The number of hydrogen-bond acceptors (Lipinski definition) is 2. The molecule has 5 rings (SSSR count). The van der Waals surface area contributed by atoms with Crippen LogP contribution in [0.1, 0.15) is 5.56 Å². The lowest BCUT2D eigenvalue weighted by Gasteiger charge is -2.01. The molecule has 0 aliphatic rings. The maximum Gasteiger partial charge on any atom is 0.236 e.